The summed E-state index contributed by atoms with van der Waals surface area (Å²) in [5.41, 5.74) is 0.583. The summed E-state index contributed by atoms with van der Waals surface area (Å²) in [5.74, 6) is 0.278. The Morgan fingerprint density at radius 1 is 1.38 bits per heavy atom. The molecule has 0 saturated heterocycles. The highest BCUT2D eigenvalue weighted by Gasteiger charge is 2.26. The van der Waals surface area contributed by atoms with Crippen LogP contribution in [0.2, 0.25) is 0 Å². The Labute approximate surface area is 93.4 Å². The fraction of sp³-hybridized carbons (Fsp3) is 0.417. The number of para-hydroxylation sites is 1. The van der Waals surface area contributed by atoms with Crippen LogP contribution in [0.4, 0.5) is 5.69 Å². The highest BCUT2D eigenvalue weighted by atomic mass is 16.6. The molecule has 0 aromatic heterocycles. The van der Waals surface area contributed by atoms with E-state index in [2.05, 4.69) is 0 Å². The maximum absolute atomic E-state index is 11.7. The van der Waals surface area contributed by atoms with Crippen LogP contribution in [-0.2, 0) is 11.2 Å². The molecule has 0 unspecified atom stereocenters. The Hall–Kier alpha value is -1.71. The number of benzene rings is 1. The van der Waals surface area contributed by atoms with Gasteiger partial charge in [-0.25, -0.2) is 0 Å². The van der Waals surface area contributed by atoms with Gasteiger partial charge in [0.15, 0.2) is 0 Å². The minimum atomic E-state index is -0.427. The molecule has 0 amide bonds. The van der Waals surface area contributed by atoms with Crippen LogP contribution in [0.25, 0.3) is 0 Å². The second-order valence-electron chi connectivity index (χ2n) is 4.16. The lowest BCUT2D eigenvalue weighted by molar-refractivity contribution is -0.385. The summed E-state index contributed by atoms with van der Waals surface area (Å²) in [6.45, 7) is 0. The number of nitrogens with zero attached hydrogens (tertiary/aromatic N) is 1. The van der Waals surface area contributed by atoms with Crippen molar-refractivity contribution in [1.82, 2.24) is 0 Å². The largest absolute Gasteiger partial charge is 0.299 e. The Kier molecular flexibility index (Phi) is 2.99. The predicted octanol–water partition coefficient (Wildman–Crippen LogP) is 2.51. The molecule has 0 N–H and O–H groups in total. The first-order chi connectivity index (χ1) is 7.68. The standard InChI is InChI=1S/C12H13NO3/c14-12(9-5-3-6-9)8-10-4-1-2-7-11(10)13(15)16/h1-2,4,7,9H,3,5-6,8H2. The summed E-state index contributed by atoms with van der Waals surface area (Å²) in [4.78, 5) is 22.1. The van der Waals surface area contributed by atoms with Crippen LogP contribution in [-0.4, -0.2) is 10.7 Å². The fourth-order valence-corrected chi connectivity index (χ4v) is 1.90. The van der Waals surface area contributed by atoms with E-state index in [0.717, 1.165) is 19.3 Å². The molecule has 0 heterocycles. The van der Waals surface area contributed by atoms with Gasteiger partial charge in [0.05, 0.1) is 4.92 Å². The van der Waals surface area contributed by atoms with Gasteiger partial charge in [0.2, 0.25) is 0 Å². The van der Waals surface area contributed by atoms with E-state index < -0.39 is 4.92 Å². The number of nitro groups is 1. The quantitative estimate of drug-likeness (QED) is 0.577. The molecule has 0 radical (unpaired) electrons. The van der Waals surface area contributed by atoms with E-state index in [0.29, 0.717) is 5.56 Å². The molecule has 1 aliphatic rings. The zero-order chi connectivity index (χ0) is 11.5. The van der Waals surface area contributed by atoms with E-state index in [4.69, 9.17) is 0 Å². The molecule has 0 bridgehead atoms. The van der Waals surface area contributed by atoms with Crippen molar-refractivity contribution in [3.63, 3.8) is 0 Å². The summed E-state index contributed by atoms with van der Waals surface area (Å²) in [6.07, 6.45) is 3.19. The lowest BCUT2D eigenvalue weighted by atomic mass is 9.80. The van der Waals surface area contributed by atoms with Gasteiger partial charge in [-0.05, 0) is 12.8 Å². The molecule has 1 fully saturated rings. The van der Waals surface area contributed by atoms with Gasteiger partial charge in [0.1, 0.15) is 5.78 Å². The highest BCUT2D eigenvalue weighted by Crippen LogP contribution is 2.29. The maximum Gasteiger partial charge on any atom is 0.273 e. The Morgan fingerprint density at radius 2 is 2.06 bits per heavy atom. The Balaban J connectivity index is 2.13. The molecule has 16 heavy (non-hydrogen) atoms. The zero-order valence-electron chi connectivity index (χ0n) is 8.89. The summed E-state index contributed by atoms with van der Waals surface area (Å²) in [6, 6.07) is 6.46. The molecule has 1 aromatic rings. The lowest BCUT2D eigenvalue weighted by Gasteiger charge is -2.23. The number of hydrogen-bond donors (Lipinski definition) is 0. The van der Waals surface area contributed by atoms with E-state index in [-0.39, 0.29) is 23.8 Å². The Bertz CT molecular complexity index is 424. The number of Topliss-reactive ketones (excluding diaryl/α,β-unsaturated/α-hetero) is 1. The maximum atomic E-state index is 11.7. The van der Waals surface area contributed by atoms with Crippen molar-refractivity contribution in [1.29, 1.82) is 0 Å². The van der Waals surface area contributed by atoms with Gasteiger partial charge in [0, 0.05) is 24.0 Å². The third-order valence-electron chi connectivity index (χ3n) is 3.11. The number of nitro benzene ring substituents is 1. The van der Waals surface area contributed by atoms with Crippen LogP contribution in [0.3, 0.4) is 0 Å². The molecule has 0 aliphatic heterocycles. The zero-order valence-corrected chi connectivity index (χ0v) is 8.89. The van der Waals surface area contributed by atoms with Crippen molar-refractivity contribution in [2.24, 2.45) is 5.92 Å². The molecular formula is C12H13NO3. The van der Waals surface area contributed by atoms with Crippen molar-refractivity contribution in [3.05, 3.63) is 39.9 Å². The van der Waals surface area contributed by atoms with Gasteiger partial charge in [-0.15, -0.1) is 0 Å². The normalized spacial score (nSPS) is 15.5. The van der Waals surface area contributed by atoms with Crippen LogP contribution in [0.15, 0.2) is 24.3 Å². The van der Waals surface area contributed by atoms with Gasteiger partial charge in [-0.1, -0.05) is 24.6 Å². The number of rotatable bonds is 4. The molecule has 2 rings (SSSR count). The third kappa shape index (κ3) is 2.10. The smallest absolute Gasteiger partial charge is 0.273 e. The van der Waals surface area contributed by atoms with Crippen LogP contribution in [0.1, 0.15) is 24.8 Å². The van der Waals surface area contributed by atoms with Crippen LogP contribution >= 0.6 is 0 Å². The second kappa shape index (κ2) is 4.43. The first-order valence-electron chi connectivity index (χ1n) is 5.43. The van der Waals surface area contributed by atoms with E-state index in [1.807, 2.05) is 0 Å². The van der Waals surface area contributed by atoms with Gasteiger partial charge in [-0.3, -0.25) is 14.9 Å². The van der Waals surface area contributed by atoms with E-state index in [1.54, 1.807) is 18.2 Å². The first kappa shape index (κ1) is 10.8. The topological polar surface area (TPSA) is 60.2 Å². The van der Waals surface area contributed by atoms with Gasteiger partial charge >= 0.3 is 0 Å². The van der Waals surface area contributed by atoms with E-state index in [1.165, 1.54) is 6.07 Å². The highest BCUT2D eigenvalue weighted by molar-refractivity contribution is 5.84. The van der Waals surface area contributed by atoms with Gasteiger partial charge < -0.3 is 0 Å². The minimum absolute atomic E-state index is 0.0511. The van der Waals surface area contributed by atoms with Crippen LogP contribution in [0.5, 0.6) is 0 Å². The fourth-order valence-electron chi connectivity index (χ4n) is 1.90. The first-order valence-corrected chi connectivity index (χ1v) is 5.43. The van der Waals surface area contributed by atoms with Crippen molar-refractivity contribution in [3.8, 4) is 0 Å². The average Bonchev–Trinajstić information content (AvgIpc) is 2.15. The summed E-state index contributed by atoms with van der Waals surface area (Å²) < 4.78 is 0. The van der Waals surface area contributed by atoms with E-state index in [9.17, 15) is 14.9 Å². The molecule has 1 saturated carbocycles. The van der Waals surface area contributed by atoms with Crippen LogP contribution in [0, 0.1) is 16.0 Å². The van der Waals surface area contributed by atoms with E-state index >= 15 is 0 Å². The van der Waals surface area contributed by atoms with Crippen molar-refractivity contribution in [2.45, 2.75) is 25.7 Å². The molecule has 4 nitrogen and oxygen atoms in total. The number of ketones is 1. The molecule has 84 valence electrons. The molecular weight excluding hydrogens is 206 g/mol. The van der Waals surface area contributed by atoms with Crippen molar-refractivity contribution < 1.29 is 9.72 Å². The number of carbonyl (C=O) groups excluding carboxylic acids is 1. The van der Waals surface area contributed by atoms with Crippen molar-refractivity contribution >= 4 is 11.5 Å². The molecule has 0 spiro atoms. The van der Waals surface area contributed by atoms with Crippen LogP contribution < -0.4 is 0 Å². The predicted molar refractivity (Wildman–Crippen MR) is 59.1 cm³/mol. The third-order valence-corrected chi connectivity index (χ3v) is 3.11. The monoisotopic (exact) mass is 219 g/mol. The molecule has 4 heteroatoms. The van der Waals surface area contributed by atoms with Crippen molar-refractivity contribution in [2.75, 3.05) is 0 Å². The average molecular weight is 219 g/mol. The van der Waals surface area contributed by atoms with Gasteiger partial charge in [-0.2, -0.15) is 0 Å². The molecule has 0 atom stereocenters. The Morgan fingerprint density at radius 3 is 2.62 bits per heavy atom. The lowest BCUT2D eigenvalue weighted by Crippen LogP contribution is -2.23. The SMILES string of the molecule is O=C(Cc1ccccc1[N+](=O)[O-])C1CCC1. The molecule has 1 aliphatic carbocycles. The second-order valence-corrected chi connectivity index (χ2v) is 4.16. The summed E-state index contributed by atoms with van der Waals surface area (Å²) in [5, 5.41) is 10.8. The minimum Gasteiger partial charge on any atom is -0.299 e. The number of hydrogen-bond acceptors (Lipinski definition) is 3. The number of carbonyl (C=O) groups is 1. The molecule has 1 aromatic carbocycles. The summed E-state index contributed by atoms with van der Waals surface area (Å²) >= 11 is 0. The van der Waals surface area contributed by atoms with Gasteiger partial charge in [0.25, 0.3) is 5.69 Å². The summed E-state index contributed by atoms with van der Waals surface area (Å²) in [7, 11) is 0.